The first-order valence-corrected chi connectivity index (χ1v) is 13.2. The van der Waals surface area contributed by atoms with Crippen LogP contribution in [0.2, 0.25) is 0 Å². The fourth-order valence-corrected chi connectivity index (χ4v) is 4.58. The summed E-state index contributed by atoms with van der Waals surface area (Å²) in [4.78, 5) is 22.0. The van der Waals surface area contributed by atoms with Gasteiger partial charge in [-0.2, -0.15) is 0 Å². The van der Waals surface area contributed by atoms with Crippen LogP contribution < -0.4 is 5.32 Å². The average Bonchev–Trinajstić information content (AvgIpc) is 3.13. The Morgan fingerprint density at radius 1 is 1.03 bits per heavy atom. The highest BCUT2D eigenvalue weighted by Crippen LogP contribution is 2.29. The first-order valence-electron chi connectivity index (χ1n) is 13.2. The van der Waals surface area contributed by atoms with Crippen LogP contribution in [0.5, 0.6) is 0 Å². The molecule has 2 aromatic rings. The van der Waals surface area contributed by atoms with Gasteiger partial charge >= 0.3 is 0 Å². The van der Waals surface area contributed by atoms with Crippen LogP contribution in [0.1, 0.15) is 77.3 Å². The Labute approximate surface area is 213 Å². The van der Waals surface area contributed by atoms with Gasteiger partial charge in [0.1, 0.15) is 11.6 Å². The Morgan fingerprint density at radius 2 is 1.78 bits per heavy atom. The Morgan fingerprint density at radius 3 is 2.53 bits per heavy atom. The van der Waals surface area contributed by atoms with Crippen molar-refractivity contribution >= 4 is 11.7 Å². The van der Waals surface area contributed by atoms with Crippen LogP contribution in [0.25, 0.3) is 11.3 Å². The molecule has 0 saturated heterocycles. The molecule has 0 atom stereocenters. The number of nitrogens with one attached hydrogen (secondary N) is 1. The van der Waals surface area contributed by atoms with Gasteiger partial charge in [0.2, 0.25) is 5.91 Å². The molecule has 1 saturated carbocycles. The summed E-state index contributed by atoms with van der Waals surface area (Å²) in [7, 11) is 0. The van der Waals surface area contributed by atoms with Gasteiger partial charge in [0.05, 0.1) is 17.6 Å². The van der Waals surface area contributed by atoms with Gasteiger partial charge in [-0.3, -0.25) is 4.79 Å². The van der Waals surface area contributed by atoms with Crippen molar-refractivity contribution < 1.29 is 13.6 Å². The molecule has 0 spiro atoms. The van der Waals surface area contributed by atoms with E-state index in [0.29, 0.717) is 36.7 Å². The van der Waals surface area contributed by atoms with Gasteiger partial charge in [0.15, 0.2) is 5.82 Å². The van der Waals surface area contributed by atoms with E-state index < -0.39 is 0 Å². The molecule has 6 heteroatoms. The van der Waals surface area contributed by atoms with Gasteiger partial charge in [0, 0.05) is 12.0 Å². The molecule has 0 aliphatic heterocycles. The minimum Gasteiger partial charge on any atom is -0.309 e. The number of benzene rings is 1. The Balaban J connectivity index is 0.00000176. The Bertz CT molecular complexity index is 1080. The van der Waals surface area contributed by atoms with E-state index in [4.69, 9.17) is 4.98 Å². The largest absolute Gasteiger partial charge is 0.309 e. The standard InChI is InChI=1S/C28H31F2N3O.C2H6/c29-23-8-4-7-21(9-14-23)11-18-27(34)33-28-25(17-10-20-5-2-1-3-6-20)32-26(19-31-28)22-12-15-24(30)16-13-22;1-2/h4,8-9,12-16,19-20H,1-3,5-7,10-11,17-18H2,(H,31,33,34);1-2H3. The molecule has 4 rings (SSSR count). The van der Waals surface area contributed by atoms with Crippen LogP contribution in [0.15, 0.2) is 66.2 Å². The van der Waals surface area contributed by atoms with E-state index >= 15 is 0 Å². The molecule has 1 aromatic carbocycles. The molecule has 0 bridgehead atoms. The van der Waals surface area contributed by atoms with Gasteiger partial charge in [0.25, 0.3) is 0 Å². The first kappa shape index (κ1) is 27.4. The van der Waals surface area contributed by atoms with Crippen molar-refractivity contribution in [2.75, 3.05) is 5.32 Å². The molecule has 2 aliphatic rings. The Kier molecular flexibility index (Phi) is 11.0. The number of rotatable bonds is 8. The van der Waals surface area contributed by atoms with Gasteiger partial charge in [-0.05, 0) is 68.0 Å². The normalized spacial score (nSPS) is 15.8. The van der Waals surface area contributed by atoms with Crippen LogP contribution in [0.4, 0.5) is 14.6 Å². The molecule has 1 amide bonds. The van der Waals surface area contributed by atoms with E-state index in [2.05, 4.69) is 10.3 Å². The molecule has 192 valence electrons. The minimum atomic E-state index is -0.296. The van der Waals surface area contributed by atoms with Crippen LogP contribution in [-0.4, -0.2) is 15.9 Å². The zero-order valence-corrected chi connectivity index (χ0v) is 21.4. The number of aromatic nitrogens is 2. The maximum absolute atomic E-state index is 13.4. The highest BCUT2D eigenvalue weighted by atomic mass is 19.1. The third-order valence-corrected chi connectivity index (χ3v) is 6.57. The highest BCUT2D eigenvalue weighted by molar-refractivity contribution is 5.90. The van der Waals surface area contributed by atoms with E-state index in [-0.39, 0.29) is 17.6 Å². The molecular weight excluding hydrogens is 456 g/mol. The number of anilines is 1. The number of hydrogen-bond acceptors (Lipinski definition) is 3. The fourth-order valence-electron chi connectivity index (χ4n) is 4.58. The van der Waals surface area contributed by atoms with Crippen molar-refractivity contribution in [1.29, 1.82) is 0 Å². The van der Waals surface area contributed by atoms with E-state index in [9.17, 15) is 13.6 Å². The van der Waals surface area contributed by atoms with Crippen LogP contribution in [0, 0.1) is 11.7 Å². The molecule has 1 heterocycles. The van der Waals surface area contributed by atoms with Crippen molar-refractivity contribution in [3.05, 3.63) is 77.7 Å². The number of aryl methyl sites for hydroxylation is 1. The summed E-state index contributed by atoms with van der Waals surface area (Å²) in [6.45, 7) is 4.00. The first-order chi connectivity index (χ1) is 17.6. The molecular formula is C30H37F2N3O. The molecule has 36 heavy (non-hydrogen) atoms. The number of carbonyl (C=O) groups excluding carboxylic acids is 1. The van der Waals surface area contributed by atoms with E-state index in [1.165, 1.54) is 56.4 Å². The number of halogens is 2. The summed E-state index contributed by atoms with van der Waals surface area (Å²) < 4.78 is 26.7. The molecule has 0 unspecified atom stereocenters. The fraction of sp³-hybridized carbons (Fsp3) is 0.433. The molecule has 1 fully saturated rings. The molecule has 1 N–H and O–H groups in total. The van der Waals surface area contributed by atoms with E-state index in [0.717, 1.165) is 29.7 Å². The summed E-state index contributed by atoms with van der Waals surface area (Å²) in [5.74, 6) is 0.458. The minimum absolute atomic E-state index is 0.138. The van der Waals surface area contributed by atoms with Gasteiger partial charge < -0.3 is 5.32 Å². The average molecular weight is 494 g/mol. The second kappa shape index (κ2) is 14.4. The second-order valence-corrected chi connectivity index (χ2v) is 9.13. The molecule has 1 aromatic heterocycles. The zero-order valence-electron chi connectivity index (χ0n) is 21.4. The summed E-state index contributed by atoms with van der Waals surface area (Å²) >= 11 is 0. The second-order valence-electron chi connectivity index (χ2n) is 9.13. The molecule has 0 radical (unpaired) electrons. The molecule has 2 aliphatic carbocycles. The van der Waals surface area contributed by atoms with Crippen molar-refractivity contribution in [1.82, 2.24) is 9.97 Å². The quantitative estimate of drug-likeness (QED) is 0.402. The summed E-state index contributed by atoms with van der Waals surface area (Å²) in [6, 6.07) is 6.20. The van der Waals surface area contributed by atoms with Crippen LogP contribution in [0.3, 0.4) is 0 Å². The predicted molar refractivity (Wildman–Crippen MR) is 143 cm³/mol. The predicted octanol–water partition coefficient (Wildman–Crippen LogP) is 8.28. The lowest BCUT2D eigenvalue weighted by molar-refractivity contribution is -0.116. The number of nitrogens with zero attached hydrogens (tertiary/aromatic N) is 2. The van der Waals surface area contributed by atoms with Crippen molar-refractivity contribution in [2.24, 2.45) is 5.92 Å². The van der Waals surface area contributed by atoms with Crippen LogP contribution >= 0.6 is 0 Å². The van der Waals surface area contributed by atoms with Crippen molar-refractivity contribution in [2.45, 2.75) is 78.1 Å². The van der Waals surface area contributed by atoms with Crippen molar-refractivity contribution in [3.8, 4) is 11.3 Å². The lowest BCUT2D eigenvalue weighted by Crippen LogP contribution is -2.16. The molecule has 4 nitrogen and oxygen atoms in total. The smallest absolute Gasteiger partial charge is 0.225 e. The summed E-state index contributed by atoms with van der Waals surface area (Å²) in [5, 5.41) is 2.94. The van der Waals surface area contributed by atoms with E-state index in [1.807, 2.05) is 13.8 Å². The third-order valence-electron chi connectivity index (χ3n) is 6.57. The SMILES string of the molecule is CC.O=C(CCC1=CC=C(F)C=CC1)Nc1ncc(-c2ccc(F)cc2)nc1CCC1CCCCC1. The Hall–Kier alpha value is -3.15. The van der Waals surface area contributed by atoms with Crippen molar-refractivity contribution in [3.63, 3.8) is 0 Å². The number of carbonyl (C=O) groups is 1. The number of hydrogen-bond donors (Lipinski definition) is 1. The maximum Gasteiger partial charge on any atom is 0.225 e. The topological polar surface area (TPSA) is 54.9 Å². The third kappa shape index (κ3) is 8.51. The zero-order chi connectivity index (χ0) is 25.8. The van der Waals surface area contributed by atoms with Crippen LogP contribution in [-0.2, 0) is 11.2 Å². The van der Waals surface area contributed by atoms with Gasteiger partial charge in [-0.1, -0.05) is 63.7 Å². The summed E-state index contributed by atoms with van der Waals surface area (Å²) in [6.07, 6.45) is 17.6. The summed E-state index contributed by atoms with van der Waals surface area (Å²) in [5.41, 5.74) is 3.23. The number of allylic oxidation sites excluding steroid dienone is 6. The lowest BCUT2D eigenvalue weighted by Gasteiger charge is -2.21. The lowest BCUT2D eigenvalue weighted by atomic mass is 9.86. The highest BCUT2D eigenvalue weighted by Gasteiger charge is 2.17. The monoisotopic (exact) mass is 493 g/mol. The number of amides is 1. The van der Waals surface area contributed by atoms with Gasteiger partial charge in [-0.25, -0.2) is 18.7 Å². The van der Waals surface area contributed by atoms with Gasteiger partial charge in [-0.15, -0.1) is 0 Å². The maximum atomic E-state index is 13.4. The van der Waals surface area contributed by atoms with E-state index in [1.54, 1.807) is 30.5 Å².